The number of aryl methyl sites for hydroxylation is 1. The highest BCUT2D eigenvalue weighted by Gasteiger charge is 2.12. The maximum absolute atomic E-state index is 10.5. The molecule has 0 amide bonds. The van der Waals surface area contributed by atoms with Crippen molar-refractivity contribution in [1.29, 1.82) is 0 Å². The van der Waals surface area contributed by atoms with Crippen molar-refractivity contribution in [3.63, 3.8) is 0 Å². The first-order valence-electron chi connectivity index (χ1n) is 11.2. The molecule has 176 valence electrons. The lowest BCUT2D eigenvalue weighted by atomic mass is 9.99. The minimum absolute atomic E-state index is 0.143. The van der Waals surface area contributed by atoms with Crippen LogP contribution >= 0.6 is 11.6 Å². The Hall–Kier alpha value is -4.00. The van der Waals surface area contributed by atoms with Crippen molar-refractivity contribution < 1.29 is 14.6 Å². The molecule has 0 fully saturated rings. The zero-order valence-corrected chi connectivity index (χ0v) is 19.8. The number of aromatic hydroxyl groups is 1. The molecule has 0 bridgehead atoms. The molecular formula is C28H24ClN3O3. The van der Waals surface area contributed by atoms with Gasteiger partial charge in [-0.25, -0.2) is 0 Å². The fraction of sp³-hybridized carbons (Fsp3) is 0.107. The number of hydrogen-bond donors (Lipinski definition) is 3. The SMILES string of the molecule is Cc1ccc(Oc2nc3cc(-c4ccc(-c5ccc(OCCN)cc5O)cc4)c(Cl)cc3[nH]2)cc1. The van der Waals surface area contributed by atoms with Crippen molar-refractivity contribution in [1.82, 2.24) is 9.97 Å². The number of H-pyrrole nitrogens is 1. The maximum atomic E-state index is 10.5. The Morgan fingerprint density at radius 2 is 1.57 bits per heavy atom. The summed E-state index contributed by atoms with van der Waals surface area (Å²) in [7, 11) is 0. The van der Waals surface area contributed by atoms with Crippen molar-refractivity contribution in [2.24, 2.45) is 5.73 Å². The Bertz CT molecular complexity index is 1480. The van der Waals surface area contributed by atoms with E-state index in [-0.39, 0.29) is 5.75 Å². The highest BCUT2D eigenvalue weighted by atomic mass is 35.5. The number of rotatable bonds is 7. The number of phenols is 1. The summed E-state index contributed by atoms with van der Waals surface area (Å²) >= 11 is 6.61. The van der Waals surface area contributed by atoms with Gasteiger partial charge in [-0.1, -0.05) is 53.6 Å². The molecule has 35 heavy (non-hydrogen) atoms. The minimum atomic E-state index is 0.143. The monoisotopic (exact) mass is 485 g/mol. The Balaban J connectivity index is 1.40. The van der Waals surface area contributed by atoms with Gasteiger partial charge < -0.3 is 25.3 Å². The molecule has 0 spiro atoms. The van der Waals surface area contributed by atoms with Gasteiger partial charge in [0.2, 0.25) is 0 Å². The number of phenolic OH excluding ortho intramolecular Hbond substituents is 1. The number of nitrogens with zero attached hydrogens (tertiary/aromatic N) is 1. The number of aromatic amines is 1. The number of hydrogen-bond acceptors (Lipinski definition) is 5. The number of imidazole rings is 1. The average molecular weight is 486 g/mol. The Morgan fingerprint density at radius 1 is 0.886 bits per heavy atom. The van der Waals surface area contributed by atoms with Crippen LogP contribution in [-0.2, 0) is 0 Å². The molecule has 4 N–H and O–H groups in total. The van der Waals surface area contributed by atoms with E-state index in [0.717, 1.165) is 33.3 Å². The van der Waals surface area contributed by atoms with E-state index in [1.54, 1.807) is 6.07 Å². The highest BCUT2D eigenvalue weighted by Crippen LogP contribution is 2.36. The topological polar surface area (TPSA) is 93.4 Å². The van der Waals surface area contributed by atoms with Crippen molar-refractivity contribution >= 4 is 22.6 Å². The maximum Gasteiger partial charge on any atom is 0.300 e. The zero-order chi connectivity index (χ0) is 24.4. The van der Waals surface area contributed by atoms with Crippen LogP contribution in [0.25, 0.3) is 33.3 Å². The van der Waals surface area contributed by atoms with Crippen LogP contribution in [-0.4, -0.2) is 28.2 Å². The van der Waals surface area contributed by atoms with Gasteiger partial charge in [0.25, 0.3) is 6.01 Å². The molecular weight excluding hydrogens is 462 g/mol. The summed E-state index contributed by atoms with van der Waals surface area (Å²) in [5, 5.41) is 11.1. The molecule has 5 aromatic rings. The van der Waals surface area contributed by atoms with Crippen LogP contribution in [0.1, 0.15) is 5.56 Å². The summed E-state index contributed by atoms with van der Waals surface area (Å²) in [4.78, 5) is 7.74. The fourth-order valence-corrected chi connectivity index (χ4v) is 4.12. The van der Waals surface area contributed by atoms with E-state index in [4.69, 9.17) is 26.8 Å². The van der Waals surface area contributed by atoms with Crippen molar-refractivity contribution in [2.45, 2.75) is 6.92 Å². The lowest BCUT2D eigenvalue weighted by Gasteiger charge is -2.10. The van der Waals surface area contributed by atoms with Crippen LogP contribution in [0.4, 0.5) is 0 Å². The molecule has 5 rings (SSSR count). The number of nitrogens with one attached hydrogen (secondary N) is 1. The van der Waals surface area contributed by atoms with Crippen molar-refractivity contribution in [3.05, 3.63) is 89.4 Å². The number of aromatic nitrogens is 2. The Kier molecular flexibility index (Phi) is 6.31. The minimum Gasteiger partial charge on any atom is -0.507 e. The predicted molar refractivity (Wildman–Crippen MR) is 139 cm³/mol. The van der Waals surface area contributed by atoms with Crippen molar-refractivity contribution in [2.75, 3.05) is 13.2 Å². The molecule has 4 aromatic carbocycles. The summed E-state index contributed by atoms with van der Waals surface area (Å²) in [6, 6.07) is 25.0. The molecule has 1 heterocycles. The largest absolute Gasteiger partial charge is 0.507 e. The molecule has 0 unspecified atom stereocenters. The molecule has 0 aliphatic heterocycles. The molecule has 0 atom stereocenters. The quantitative estimate of drug-likeness (QED) is 0.238. The van der Waals surface area contributed by atoms with Crippen LogP contribution in [0.15, 0.2) is 78.9 Å². The molecule has 7 heteroatoms. The van der Waals surface area contributed by atoms with E-state index in [0.29, 0.717) is 41.2 Å². The number of nitrogens with two attached hydrogens (primary N) is 1. The molecule has 0 aliphatic carbocycles. The molecule has 0 saturated heterocycles. The fourth-order valence-electron chi connectivity index (χ4n) is 3.85. The summed E-state index contributed by atoms with van der Waals surface area (Å²) in [5.41, 5.74) is 11.6. The van der Waals surface area contributed by atoms with E-state index in [1.165, 1.54) is 0 Å². The van der Waals surface area contributed by atoms with Gasteiger partial charge in [-0.15, -0.1) is 0 Å². The summed E-state index contributed by atoms with van der Waals surface area (Å²) < 4.78 is 11.3. The number of fused-ring (bicyclic) bond motifs is 1. The summed E-state index contributed by atoms with van der Waals surface area (Å²) in [6.07, 6.45) is 0. The highest BCUT2D eigenvalue weighted by molar-refractivity contribution is 6.34. The van der Waals surface area contributed by atoms with Gasteiger partial charge in [0.05, 0.1) is 16.1 Å². The van der Waals surface area contributed by atoms with Crippen LogP contribution in [0, 0.1) is 6.92 Å². The van der Waals surface area contributed by atoms with E-state index in [2.05, 4.69) is 9.97 Å². The third-order valence-electron chi connectivity index (χ3n) is 5.65. The Labute approximate surface area is 207 Å². The van der Waals surface area contributed by atoms with Gasteiger partial charge in [0, 0.05) is 23.7 Å². The number of halogens is 1. The second-order valence-electron chi connectivity index (χ2n) is 8.20. The lowest BCUT2D eigenvalue weighted by molar-refractivity contribution is 0.326. The van der Waals surface area contributed by atoms with Gasteiger partial charge >= 0.3 is 0 Å². The van der Waals surface area contributed by atoms with Crippen LogP contribution < -0.4 is 15.2 Å². The molecule has 0 saturated carbocycles. The summed E-state index contributed by atoms with van der Waals surface area (Å²) in [5.74, 6) is 1.43. The van der Waals surface area contributed by atoms with Gasteiger partial charge in [-0.05, 0) is 54.4 Å². The van der Waals surface area contributed by atoms with E-state index in [9.17, 15) is 5.11 Å². The third-order valence-corrected chi connectivity index (χ3v) is 5.96. The number of ether oxygens (including phenoxy) is 2. The van der Waals surface area contributed by atoms with Gasteiger partial charge in [-0.3, -0.25) is 0 Å². The van der Waals surface area contributed by atoms with E-state index >= 15 is 0 Å². The van der Waals surface area contributed by atoms with Gasteiger partial charge in [0.15, 0.2) is 0 Å². The van der Waals surface area contributed by atoms with Crippen LogP contribution in [0.3, 0.4) is 0 Å². The normalized spacial score (nSPS) is 11.1. The van der Waals surface area contributed by atoms with E-state index in [1.807, 2.05) is 79.7 Å². The van der Waals surface area contributed by atoms with E-state index < -0.39 is 0 Å². The van der Waals surface area contributed by atoms with Crippen LogP contribution in [0.5, 0.6) is 23.3 Å². The first kappa shape index (κ1) is 22.8. The molecule has 6 nitrogen and oxygen atoms in total. The molecule has 0 radical (unpaired) electrons. The second-order valence-corrected chi connectivity index (χ2v) is 8.61. The standard InChI is InChI=1S/C28H24ClN3O3/c1-17-2-8-20(9-3-17)35-28-31-25-15-23(24(29)16-26(25)32-28)19-6-4-18(5-7-19)22-11-10-21(14-27(22)33)34-13-12-30/h2-11,14-16,33H,12-13,30H2,1H3,(H,31,32). The second kappa shape index (κ2) is 9.70. The van der Waals surface area contributed by atoms with Gasteiger partial charge in [-0.2, -0.15) is 4.98 Å². The smallest absolute Gasteiger partial charge is 0.300 e. The first-order valence-corrected chi connectivity index (χ1v) is 11.6. The van der Waals surface area contributed by atoms with Crippen molar-refractivity contribution in [3.8, 4) is 45.5 Å². The number of benzene rings is 4. The predicted octanol–water partition coefficient (Wildman–Crippen LogP) is 6.69. The summed E-state index contributed by atoms with van der Waals surface area (Å²) in [6.45, 7) is 2.84. The lowest BCUT2D eigenvalue weighted by Crippen LogP contribution is -2.10. The van der Waals surface area contributed by atoms with Gasteiger partial charge in [0.1, 0.15) is 23.9 Å². The first-order chi connectivity index (χ1) is 17.0. The Morgan fingerprint density at radius 3 is 2.26 bits per heavy atom. The molecule has 1 aromatic heterocycles. The third kappa shape index (κ3) is 4.94. The molecule has 0 aliphatic rings. The van der Waals surface area contributed by atoms with Crippen LogP contribution in [0.2, 0.25) is 5.02 Å². The zero-order valence-electron chi connectivity index (χ0n) is 19.1. The average Bonchev–Trinajstić information content (AvgIpc) is 3.25.